The number of nitrogens with one attached hydrogen (secondary N) is 1. The number of amides is 3. The molecule has 1 aromatic carbocycles. The maximum atomic E-state index is 14.0. The number of urea groups is 1. The van der Waals surface area contributed by atoms with Crippen LogP contribution in [-0.2, 0) is 19.5 Å². The summed E-state index contributed by atoms with van der Waals surface area (Å²) < 4.78 is 29.1. The summed E-state index contributed by atoms with van der Waals surface area (Å²) in [7, 11) is 1.68. The van der Waals surface area contributed by atoms with Crippen LogP contribution in [0.15, 0.2) is 12.1 Å². The Hall–Kier alpha value is -2.72. The Morgan fingerprint density at radius 1 is 1.34 bits per heavy atom. The summed E-state index contributed by atoms with van der Waals surface area (Å²) in [5.74, 6) is -2.22. The smallest absolute Gasteiger partial charge is 0.322 e. The number of aliphatic hydroxyl groups excluding tert-OH is 1. The van der Waals surface area contributed by atoms with Gasteiger partial charge in [0.25, 0.3) is 5.91 Å². The predicted octanol–water partition coefficient (Wildman–Crippen LogP) is 2.88. The van der Waals surface area contributed by atoms with Crippen LogP contribution in [0.5, 0.6) is 0 Å². The lowest BCUT2D eigenvalue weighted by Gasteiger charge is -2.28. The second kappa shape index (κ2) is 8.67. The number of carbonyl (C=O) groups excluding carboxylic acids is 2. The van der Waals surface area contributed by atoms with E-state index in [4.69, 9.17) is 11.6 Å². The average molecular weight is 468 g/mol. The minimum absolute atomic E-state index is 0.119. The zero-order valence-electron chi connectivity index (χ0n) is 17.7. The highest BCUT2D eigenvalue weighted by molar-refractivity contribution is 6.31. The van der Waals surface area contributed by atoms with Crippen LogP contribution < -0.4 is 5.32 Å². The molecule has 32 heavy (non-hydrogen) atoms. The summed E-state index contributed by atoms with van der Waals surface area (Å²) in [6, 6.07) is 1.04. The van der Waals surface area contributed by atoms with E-state index in [0.717, 1.165) is 11.8 Å². The van der Waals surface area contributed by atoms with Crippen LogP contribution in [0, 0.1) is 17.6 Å². The van der Waals surface area contributed by atoms with Gasteiger partial charge in [0.15, 0.2) is 0 Å². The number of aliphatic hydroxyl groups is 1. The lowest BCUT2D eigenvalue weighted by molar-refractivity contribution is 0.0626. The van der Waals surface area contributed by atoms with Crippen LogP contribution in [0.4, 0.5) is 19.3 Å². The number of carbonyl (C=O) groups is 2. The Morgan fingerprint density at radius 2 is 2.09 bits per heavy atom. The van der Waals surface area contributed by atoms with E-state index < -0.39 is 23.8 Å². The molecule has 2 atom stereocenters. The number of hydrogen-bond donors (Lipinski definition) is 2. The molecule has 1 aromatic heterocycles. The number of fused-ring (bicyclic) bond motifs is 3. The number of anilines is 1. The van der Waals surface area contributed by atoms with Gasteiger partial charge < -0.3 is 20.2 Å². The molecule has 0 fully saturated rings. The van der Waals surface area contributed by atoms with Crippen molar-refractivity contribution < 1.29 is 23.5 Å². The van der Waals surface area contributed by atoms with Crippen molar-refractivity contribution >= 4 is 29.2 Å². The number of nitrogens with zero attached hydrogens (tertiary/aromatic N) is 4. The second-order valence-corrected chi connectivity index (χ2v) is 8.63. The topological polar surface area (TPSA) is 90.7 Å². The van der Waals surface area contributed by atoms with Gasteiger partial charge in [0.05, 0.1) is 29.1 Å². The average Bonchev–Trinajstić information content (AvgIpc) is 3.06. The first kappa shape index (κ1) is 22.5. The van der Waals surface area contributed by atoms with Gasteiger partial charge in [-0.25, -0.2) is 13.6 Å². The van der Waals surface area contributed by atoms with Gasteiger partial charge in [-0.1, -0.05) is 18.5 Å². The highest BCUT2D eigenvalue weighted by Gasteiger charge is 2.36. The fourth-order valence-corrected chi connectivity index (χ4v) is 4.42. The summed E-state index contributed by atoms with van der Waals surface area (Å²) in [4.78, 5) is 28.8. The van der Waals surface area contributed by atoms with Gasteiger partial charge in [0.1, 0.15) is 17.3 Å². The third kappa shape index (κ3) is 4.04. The number of aromatic nitrogens is 2. The lowest BCUT2D eigenvalue weighted by atomic mass is 10.0. The molecule has 0 bridgehead atoms. The van der Waals surface area contributed by atoms with E-state index in [9.17, 15) is 23.5 Å². The summed E-state index contributed by atoms with van der Waals surface area (Å²) in [5, 5.41) is 17.1. The van der Waals surface area contributed by atoms with Gasteiger partial charge in [-0.05, 0) is 12.5 Å². The van der Waals surface area contributed by atoms with E-state index in [-0.39, 0.29) is 29.1 Å². The van der Waals surface area contributed by atoms with Crippen molar-refractivity contribution in [1.29, 1.82) is 0 Å². The first-order valence-corrected chi connectivity index (χ1v) is 10.8. The van der Waals surface area contributed by atoms with Crippen molar-refractivity contribution in [3.8, 4) is 0 Å². The summed E-state index contributed by atoms with van der Waals surface area (Å²) in [5.41, 5.74) is 1.55. The van der Waals surface area contributed by atoms with Gasteiger partial charge in [-0.15, -0.1) is 0 Å². The fourth-order valence-electron chi connectivity index (χ4n) is 4.26. The molecule has 2 N–H and O–H groups in total. The first-order chi connectivity index (χ1) is 15.2. The molecule has 3 amide bonds. The van der Waals surface area contributed by atoms with E-state index in [1.165, 1.54) is 4.90 Å². The molecule has 2 aliphatic rings. The van der Waals surface area contributed by atoms with E-state index >= 15 is 0 Å². The van der Waals surface area contributed by atoms with Crippen LogP contribution in [0.2, 0.25) is 5.02 Å². The van der Waals surface area contributed by atoms with Crippen molar-refractivity contribution in [2.24, 2.45) is 5.92 Å². The molecule has 0 spiro atoms. The van der Waals surface area contributed by atoms with Gasteiger partial charge in [-0.3, -0.25) is 9.48 Å². The van der Waals surface area contributed by atoms with E-state index in [1.54, 1.807) is 16.6 Å². The minimum Gasteiger partial charge on any atom is -0.393 e. The Kier molecular flexibility index (Phi) is 6.09. The van der Waals surface area contributed by atoms with Gasteiger partial charge in [-0.2, -0.15) is 5.10 Å². The van der Waals surface area contributed by atoms with E-state index in [0.29, 0.717) is 49.8 Å². The van der Waals surface area contributed by atoms with Crippen LogP contribution >= 0.6 is 11.6 Å². The number of benzene rings is 1. The minimum atomic E-state index is -0.935. The molecule has 2 aromatic rings. The van der Waals surface area contributed by atoms with Crippen molar-refractivity contribution in [3.63, 3.8) is 0 Å². The SMILES string of the molecule is CC[C@H](O)C1CN(C)C(=O)c2c3c(nn2C1)CCN(C(=O)Nc1cc(Cl)c(F)cc1F)C3. The molecule has 1 unspecified atom stereocenters. The molecule has 4 rings (SSSR count). The maximum Gasteiger partial charge on any atom is 0.322 e. The number of hydrogen-bond acceptors (Lipinski definition) is 4. The molecule has 11 heteroatoms. The van der Waals surface area contributed by atoms with Crippen LogP contribution in [0.1, 0.15) is 35.1 Å². The molecule has 172 valence electrons. The third-order valence-electron chi connectivity index (χ3n) is 6.07. The number of rotatable bonds is 3. The van der Waals surface area contributed by atoms with Gasteiger partial charge >= 0.3 is 6.03 Å². The van der Waals surface area contributed by atoms with Crippen molar-refractivity contribution in [3.05, 3.63) is 45.7 Å². The summed E-state index contributed by atoms with van der Waals surface area (Å²) in [6.07, 6.45) is 0.436. The largest absolute Gasteiger partial charge is 0.393 e. The quantitative estimate of drug-likeness (QED) is 0.679. The van der Waals surface area contributed by atoms with Gasteiger partial charge in [0.2, 0.25) is 0 Å². The summed E-state index contributed by atoms with van der Waals surface area (Å²) in [6.45, 7) is 3.13. The first-order valence-electron chi connectivity index (χ1n) is 10.4. The molecule has 3 heterocycles. The molecule has 8 nitrogen and oxygen atoms in total. The van der Waals surface area contributed by atoms with E-state index in [2.05, 4.69) is 10.4 Å². The van der Waals surface area contributed by atoms with Crippen LogP contribution in [0.3, 0.4) is 0 Å². The molecule has 2 aliphatic heterocycles. The second-order valence-electron chi connectivity index (χ2n) is 8.23. The Morgan fingerprint density at radius 3 is 2.81 bits per heavy atom. The zero-order valence-corrected chi connectivity index (χ0v) is 18.5. The standard InChI is InChI=1S/C21H24ClF2N5O3/c1-3-18(30)11-8-27(2)20(31)19-12-10-28(5-4-16(12)26-29(19)9-11)21(32)25-17-6-13(22)14(23)7-15(17)24/h6-7,11,18,30H,3-5,8-10H2,1-2H3,(H,25,32)/t11?,18-/m0/s1. The van der Waals surface area contributed by atoms with Crippen molar-refractivity contribution in [2.75, 3.05) is 25.5 Å². The zero-order chi connectivity index (χ0) is 23.2. The van der Waals surface area contributed by atoms with E-state index in [1.807, 2.05) is 6.92 Å². The van der Waals surface area contributed by atoms with Gasteiger partial charge in [0, 0.05) is 50.7 Å². The van der Waals surface area contributed by atoms with Crippen molar-refractivity contribution in [1.82, 2.24) is 19.6 Å². The van der Waals surface area contributed by atoms with Crippen molar-refractivity contribution in [2.45, 2.75) is 39.0 Å². The van der Waals surface area contributed by atoms with Crippen LogP contribution in [-0.4, -0.2) is 62.9 Å². The predicted molar refractivity (Wildman–Crippen MR) is 113 cm³/mol. The highest BCUT2D eigenvalue weighted by atomic mass is 35.5. The molecular weight excluding hydrogens is 444 g/mol. The number of halogens is 3. The molecule has 0 radical (unpaired) electrons. The van der Waals surface area contributed by atoms with Crippen LogP contribution in [0.25, 0.3) is 0 Å². The normalized spacial score (nSPS) is 19.3. The molecule has 0 saturated carbocycles. The Labute approximate surface area is 188 Å². The molecular formula is C21H24ClF2N5O3. The Balaban J connectivity index is 1.58. The Bertz CT molecular complexity index is 1080. The third-order valence-corrected chi connectivity index (χ3v) is 6.36. The fraction of sp³-hybridized carbons (Fsp3) is 0.476. The molecule has 0 aliphatic carbocycles. The monoisotopic (exact) mass is 467 g/mol. The maximum absolute atomic E-state index is 14.0. The molecule has 0 saturated heterocycles. The summed E-state index contributed by atoms with van der Waals surface area (Å²) >= 11 is 5.70. The highest BCUT2D eigenvalue weighted by Crippen LogP contribution is 2.29. The lowest BCUT2D eigenvalue weighted by Crippen LogP contribution is -2.40.